The normalized spacial score (nSPS) is 10.6. The third-order valence-electron chi connectivity index (χ3n) is 3.19. The Morgan fingerprint density at radius 1 is 0.955 bits per heavy atom. The van der Waals surface area contributed by atoms with Gasteiger partial charge in [-0.1, -0.05) is 63.3 Å². The van der Waals surface area contributed by atoms with E-state index in [0.717, 1.165) is 12.8 Å². The molecule has 0 amide bonds. The fraction of sp³-hybridized carbons (Fsp3) is 0.444. The summed E-state index contributed by atoms with van der Waals surface area (Å²) in [4.78, 5) is 31.8. The second-order valence-corrected chi connectivity index (χ2v) is 5.10. The predicted molar refractivity (Wildman–Crippen MR) is 85.1 cm³/mol. The summed E-state index contributed by atoms with van der Waals surface area (Å²) in [5.74, 6) is -1.35. The van der Waals surface area contributed by atoms with Crippen molar-refractivity contribution in [3.8, 4) is 0 Å². The maximum absolute atomic E-state index is 11.5. The smallest absolute Gasteiger partial charge is 0.242 e. The van der Waals surface area contributed by atoms with Crippen LogP contribution in [0.15, 0.2) is 42.5 Å². The van der Waals surface area contributed by atoms with Gasteiger partial charge in [0.15, 0.2) is 0 Å². The molecule has 0 atom stereocenters. The van der Waals surface area contributed by atoms with Crippen LogP contribution in [-0.4, -0.2) is 11.9 Å². The monoisotopic (exact) mass is 304 g/mol. The van der Waals surface area contributed by atoms with E-state index in [1.165, 1.54) is 38.2 Å². The fourth-order valence-electron chi connectivity index (χ4n) is 1.95. The van der Waals surface area contributed by atoms with Crippen molar-refractivity contribution in [2.75, 3.05) is 0 Å². The molecule has 0 bridgehead atoms. The van der Waals surface area contributed by atoms with Gasteiger partial charge in [-0.25, -0.2) is 19.4 Å². The van der Waals surface area contributed by atoms with Gasteiger partial charge in [0.05, 0.1) is 5.56 Å². The minimum absolute atomic E-state index is 0.339. The zero-order valence-corrected chi connectivity index (χ0v) is 13.1. The summed E-state index contributed by atoms with van der Waals surface area (Å²) in [5, 5.41) is 0. The highest BCUT2D eigenvalue weighted by Gasteiger charge is 2.09. The molecule has 0 aromatic heterocycles. The van der Waals surface area contributed by atoms with Crippen LogP contribution < -0.4 is 0 Å². The number of unbranched alkanes of at least 4 members (excludes halogenated alkanes) is 6. The summed E-state index contributed by atoms with van der Waals surface area (Å²) in [7, 11) is 0. The second-order valence-electron chi connectivity index (χ2n) is 5.10. The average Bonchev–Trinajstić information content (AvgIpc) is 2.56. The summed E-state index contributed by atoms with van der Waals surface area (Å²) >= 11 is 0. The summed E-state index contributed by atoms with van der Waals surface area (Å²) in [6.45, 7) is 2.19. The van der Waals surface area contributed by atoms with Gasteiger partial charge < -0.3 is 0 Å². The third-order valence-corrected chi connectivity index (χ3v) is 3.19. The van der Waals surface area contributed by atoms with Crippen LogP contribution >= 0.6 is 0 Å². The van der Waals surface area contributed by atoms with Crippen molar-refractivity contribution in [2.45, 2.75) is 51.9 Å². The van der Waals surface area contributed by atoms with Crippen molar-refractivity contribution in [1.29, 1.82) is 0 Å². The van der Waals surface area contributed by atoms with Crippen LogP contribution in [0.2, 0.25) is 0 Å². The lowest BCUT2D eigenvalue weighted by Crippen LogP contribution is -2.09. The Morgan fingerprint density at radius 2 is 1.64 bits per heavy atom. The number of hydrogen-bond acceptors (Lipinski definition) is 4. The maximum Gasteiger partial charge on any atom is 0.386 e. The van der Waals surface area contributed by atoms with Crippen LogP contribution in [0, 0.1) is 0 Å². The van der Waals surface area contributed by atoms with Gasteiger partial charge in [0.2, 0.25) is 0 Å². The molecule has 0 aliphatic carbocycles. The molecule has 0 unspecified atom stereocenters. The van der Waals surface area contributed by atoms with E-state index in [0.29, 0.717) is 5.56 Å². The lowest BCUT2D eigenvalue weighted by molar-refractivity contribution is -0.228. The molecule has 0 saturated carbocycles. The predicted octanol–water partition coefficient (Wildman–Crippen LogP) is 4.61. The Bertz CT molecular complexity index is 465. The number of benzene rings is 1. The molecule has 120 valence electrons. The van der Waals surface area contributed by atoms with Gasteiger partial charge in [-0.3, -0.25) is 0 Å². The fourth-order valence-corrected chi connectivity index (χ4v) is 1.95. The molecule has 1 rings (SSSR count). The van der Waals surface area contributed by atoms with Crippen molar-refractivity contribution in [3.05, 3.63) is 48.0 Å². The molecule has 0 spiro atoms. The van der Waals surface area contributed by atoms with Crippen LogP contribution in [0.1, 0.15) is 62.2 Å². The van der Waals surface area contributed by atoms with Gasteiger partial charge in [-0.15, -0.1) is 0 Å². The molecule has 0 aliphatic rings. The number of allylic oxidation sites excluding steroid dienone is 1. The third kappa shape index (κ3) is 8.25. The minimum atomic E-state index is -0.682. The van der Waals surface area contributed by atoms with Crippen molar-refractivity contribution in [1.82, 2.24) is 0 Å². The molecular weight excluding hydrogens is 280 g/mol. The van der Waals surface area contributed by atoms with Gasteiger partial charge in [-0.05, 0) is 25.0 Å². The minimum Gasteiger partial charge on any atom is -0.242 e. The van der Waals surface area contributed by atoms with E-state index in [1.807, 2.05) is 0 Å². The second kappa shape index (κ2) is 11.5. The van der Waals surface area contributed by atoms with Gasteiger partial charge in [-0.2, -0.15) is 0 Å². The van der Waals surface area contributed by atoms with Crippen LogP contribution in [0.4, 0.5) is 0 Å². The van der Waals surface area contributed by atoms with E-state index in [2.05, 4.69) is 16.7 Å². The van der Waals surface area contributed by atoms with E-state index < -0.39 is 11.9 Å². The molecular formula is C18H24O4. The highest BCUT2D eigenvalue weighted by Crippen LogP contribution is 2.07. The van der Waals surface area contributed by atoms with E-state index in [9.17, 15) is 9.59 Å². The molecule has 22 heavy (non-hydrogen) atoms. The molecule has 4 nitrogen and oxygen atoms in total. The van der Waals surface area contributed by atoms with E-state index in [-0.39, 0.29) is 0 Å². The Kier molecular flexibility index (Phi) is 9.42. The largest absolute Gasteiger partial charge is 0.386 e. The van der Waals surface area contributed by atoms with Gasteiger partial charge in [0, 0.05) is 6.08 Å². The first-order valence-corrected chi connectivity index (χ1v) is 7.88. The lowest BCUT2D eigenvalue weighted by atomic mass is 10.1. The quantitative estimate of drug-likeness (QED) is 0.289. The van der Waals surface area contributed by atoms with Crippen molar-refractivity contribution in [2.24, 2.45) is 0 Å². The SMILES string of the molecule is CCCCCCCCC=CC(=O)OOC(=O)c1ccccc1. The topological polar surface area (TPSA) is 52.6 Å². The van der Waals surface area contributed by atoms with Crippen LogP contribution in [0.25, 0.3) is 0 Å². The Labute approximate surface area is 132 Å². The molecule has 0 aliphatic heterocycles. The number of rotatable bonds is 9. The van der Waals surface area contributed by atoms with Crippen LogP contribution in [-0.2, 0) is 14.6 Å². The maximum atomic E-state index is 11.5. The molecule has 0 saturated heterocycles. The van der Waals surface area contributed by atoms with Crippen LogP contribution in [0.5, 0.6) is 0 Å². The molecule has 1 aromatic carbocycles. The highest BCUT2D eigenvalue weighted by atomic mass is 17.2. The summed E-state index contributed by atoms with van der Waals surface area (Å²) in [6, 6.07) is 8.38. The van der Waals surface area contributed by atoms with E-state index >= 15 is 0 Å². The van der Waals surface area contributed by atoms with Crippen molar-refractivity contribution >= 4 is 11.9 Å². The molecule has 4 heteroatoms. The van der Waals surface area contributed by atoms with Crippen molar-refractivity contribution < 1.29 is 19.4 Å². The van der Waals surface area contributed by atoms with Gasteiger partial charge >= 0.3 is 11.9 Å². The number of hydrogen-bond donors (Lipinski definition) is 0. The molecule has 0 N–H and O–H groups in total. The standard InChI is InChI=1S/C18H24O4/c1-2-3-4-5-6-7-8-12-15-17(19)21-22-18(20)16-13-10-9-11-14-16/h9-15H,2-8H2,1H3. The Morgan fingerprint density at radius 3 is 2.36 bits per heavy atom. The van der Waals surface area contributed by atoms with E-state index in [4.69, 9.17) is 0 Å². The van der Waals surface area contributed by atoms with E-state index in [1.54, 1.807) is 36.4 Å². The summed E-state index contributed by atoms with van der Waals surface area (Å²) in [5.41, 5.74) is 0.339. The zero-order valence-electron chi connectivity index (χ0n) is 13.1. The summed E-state index contributed by atoms with van der Waals surface area (Å²) < 4.78 is 0. The number of carbonyl (C=O) groups is 2. The molecule has 0 heterocycles. The number of carbonyl (C=O) groups excluding carboxylic acids is 2. The first-order chi connectivity index (χ1) is 10.7. The van der Waals surface area contributed by atoms with Gasteiger partial charge in [0.25, 0.3) is 0 Å². The first-order valence-electron chi connectivity index (χ1n) is 7.88. The Balaban J connectivity index is 2.10. The average molecular weight is 304 g/mol. The van der Waals surface area contributed by atoms with Gasteiger partial charge in [0.1, 0.15) is 0 Å². The first kappa shape index (κ1) is 18.0. The molecule has 1 aromatic rings. The highest BCUT2D eigenvalue weighted by molar-refractivity contribution is 5.90. The van der Waals surface area contributed by atoms with Crippen molar-refractivity contribution in [3.63, 3.8) is 0 Å². The molecule has 0 radical (unpaired) electrons. The lowest BCUT2D eigenvalue weighted by Gasteiger charge is -2.00. The molecule has 0 fully saturated rings. The Hall–Kier alpha value is -2.10. The van der Waals surface area contributed by atoms with Crippen LogP contribution in [0.3, 0.4) is 0 Å². The summed E-state index contributed by atoms with van der Waals surface area (Å²) in [6.07, 6.45) is 11.1. The zero-order chi connectivity index (χ0) is 16.0.